The number of epoxide rings is 1. The van der Waals surface area contributed by atoms with Crippen LogP contribution in [0.5, 0.6) is 0 Å². The number of hydrogen-bond donors (Lipinski definition) is 0. The Labute approximate surface area is 62.8 Å². The molecule has 0 bridgehead atoms. The van der Waals surface area contributed by atoms with Crippen LogP contribution in [-0.2, 0) is 4.74 Å². The van der Waals surface area contributed by atoms with Crippen LogP contribution in [0.25, 0.3) is 0 Å². The Hall–Kier alpha value is -0.0400. The molecule has 1 aliphatic carbocycles. The molecule has 0 amide bonds. The first-order valence-corrected chi connectivity index (χ1v) is 4.30. The summed E-state index contributed by atoms with van der Waals surface area (Å²) in [6, 6.07) is 0. The van der Waals surface area contributed by atoms with E-state index in [1.54, 1.807) is 0 Å². The molecule has 0 aromatic carbocycles. The first-order valence-electron chi connectivity index (χ1n) is 4.30. The van der Waals surface area contributed by atoms with Gasteiger partial charge in [-0.25, -0.2) is 0 Å². The lowest BCUT2D eigenvalue weighted by molar-refractivity contribution is 0.0851. The fraction of sp³-hybridized carbons (Fsp3) is 1.00. The Bertz CT molecular complexity index is 139. The molecule has 1 unspecified atom stereocenters. The zero-order valence-electron chi connectivity index (χ0n) is 6.94. The van der Waals surface area contributed by atoms with Crippen molar-refractivity contribution in [2.75, 3.05) is 6.61 Å². The van der Waals surface area contributed by atoms with E-state index < -0.39 is 0 Å². The first-order chi connectivity index (χ1) is 4.66. The average molecular weight is 140 g/mol. The van der Waals surface area contributed by atoms with Gasteiger partial charge in [-0.15, -0.1) is 0 Å². The van der Waals surface area contributed by atoms with E-state index in [9.17, 15) is 0 Å². The van der Waals surface area contributed by atoms with Gasteiger partial charge in [0.1, 0.15) is 0 Å². The topological polar surface area (TPSA) is 12.5 Å². The van der Waals surface area contributed by atoms with Crippen LogP contribution in [0.1, 0.15) is 39.5 Å². The fourth-order valence-electron chi connectivity index (χ4n) is 2.17. The zero-order chi connectivity index (χ0) is 7.24. The highest BCUT2D eigenvalue weighted by atomic mass is 16.6. The molecule has 1 spiro atoms. The van der Waals surface area contributed by atoms with E-state index in [0.717, 1.165) is 6.61 Å². The van der Waals surface area contributed by atoms with E-state index in [1.807, 2.05) is 0 Å². The molecule has 1 nitrogen and oxygen atoms in total. The minimum Gasteiger partial charge on any atom is -0.369 e. The predicted octanol–water partition coefficient (Wildman–Crippen LogP) is 2.36. The van der Waals surface area contributed by atoms with Crippen LogP contribution in [0.3, 0.4) is 0 Å². The molecule has 0 aromatic rings. The molecule has 2 fully saturated rings. The molecule has 1 heterocycles. The quantitative estimate of drug-likeness (QED) is 0.470. The van der Waals surface area contributed by atoms with Gasteiger partial charge in [-0.2, -0.15) is 0 Å². The lowest BCUT2D eigenvalue weighted by Crippen LogP contribution is -2.36. The van der Waals surface area contributed by atoms with Gasteiger partial charge in [0.2, 0.25) is 0 Å². The molecule has 58 valence electrons. The van der Waals surface area contributed by atoms with Crippen LogP contribution < -0.4 is 0 Å². The van der Waals surface area contributed by atoms with E-state index >= 15 is 0 Å². The molecular weight excluding hydrogens is 124 g/mol. The smallest absolute Gasteiger partial charge is 0.0967 e. The standard InChI is InChI=1S/C9H16O/c1-8(2)5-3-4-6-9(8)7-10-9/h3-7H2,1-2H3. The van der Waals surface area contributed by atoms with Crippen LogP contribution in [0, 0.1) is 5.41 Å². The molecule has 1 saturated carbocycles. The molecule has 1 aliphatic heterocycles. The molecule has 1 atom stereocenters. The maximum absolute atomic E-state index is 5.55. The number of hydrogen-bond acceptors (Lipinski definition) is 1. The van der Waals surface area contributed by atoms with Gasteiger partial charge in [-0.3, -0.25) is 0 Å². The third-order valence-corrected chi connectivity index (χ3v) is 3.36. The van der Waals surface area contributed by atoms with E-state index in [1.165, 1.54) is 25.7 Å². The first kappa shape index (κ1) is 6.66. The summed E-state index contributed by atoms with van der Waals surface area (Å²) < 4.78 is 5.55. The summed E-state index contributed by atoms with van der Waals surface area (Å²) in [5.74, 6) is 0. The van der Waals surface area contributed by atoms with Gasteiger partial charge in [-0.1, -0.05) is 26.7 Å². The summed E-state index contributed by atoms with van der Waals surface area (Å²) in [6.45, 7) is 5.72. The van der Waals surface area contributed by atoms with Crippen molar-refractivity contribution in [3.63, 3.8) is 0 Å². The summed E-state index contributed by atoms with van der Waals surface area (Å²) in [5, 5.41) is 0. The minimum absolute atomic E-state index is 0.325. The molecule has 0 radical (unpaired) electrons. The van der Waals surface area contributed by atoms with E-state index in [-0.39, 0.29) is 0 Å². The maximum Gasteiger partial charge on any atom is 0.0967 e. The largest absolute Gasteiger partial charge is 0.369 e. The van der Waals surface area contributed by atoms with E-state index in [0.29, 0.717) is 11.0 Å². The van der Waals surface area contributed by atoms with Crippen molar-refractivity contribution in [2.45, 2.75) is 45.1 Å². The molecule has 0 N–H and O–H groups in total. The van der Waals surface area contributed by atoms with Crippen molar-refractivity contribution in [3.8, 4) is 0 Å². The van der Waals surface area contributed by atoms with Crippen molar-refractivity contribution in [1.82, 2.24) is 0 Å². The third kappa shape index (κ3) is 0.731. The molecule has 10 heavy (non-hydrogen) atoms. The lowest BCUT2D eigenvalue weighted by atomic mass is 9.69. The van der Waals surface area contributed by atoms with E-state index in [4.69, 9.17) is 4.74 Å². The molecule has 1 saturated heterocycles. The SMILES string of the molecule is CC1(C)CCCCC12CO2. The molecule has 2 aliphatic rings. The Morgan fingerprint density at radius 3 is 2.10 bits per heavy atom. The zero-order valence-corrected chi connectivity index (χ0v) is 6.94. The Morgan fingerprint density at radius 1 is 1.10 bits per heavy atom. The molecule has 2 rings (SSSR count). The molecular formula is C9H16O. The van der Waals surface area contributed by atoms with Gasteiger partial charge >= 0.3 is 0 Å². The second-order valence-electron chi connectivity index (χ2n) is 4.37. The van der Waals surface area contributed by atoms with Crippen molar-refractivity contribution >= 4 is 0 Å². The van der Waals surface area contributed by atoms with Gasteiger partial charge in [-0.05, 0) is 18.3 Å². The summed E-state index contributed by atoms with van der Waals surface area (Å²) in [6.07, 6.45) is 5.44. The highest BCUT2D eigenvalue weighted by Crippen LogP contribution is 2.53. The summed E-state index contributed by atoms with van der Waals surface area (Å²) in [5.41, 5.74) is 0.788. The van der Waals surface area contributed by atoms with Gasteiger partial charge in [0, 0.05) is 0 Å². The normalized spacial score (nSPS) is 43.8. The van der Waals surface area contributed by atoms with Crippen LogP contribution in [0.4, 0.5) is 0 Å². The van der Waals surface area contributed by atoms with Gasteiger partial charge in [0.15, 0.2) is 0 Å². The molecule has 1 heteroatoms. The van der Waals surface area contributed by atoms with Crippen LogP contribution in [0.2, 0.25) is 0 Å². The van der Waals surface area contributed by atoms with Gasteiger partial charge in [0.25, 0.3) is 0 Å². The monoisotopic (exact) mass is 140 g/mol. The molecule has 0 aromatic heterocycles. The van der Waals surface area contributed by atoms with Crippen LogP contribution in [0.15, 0.2) is 0 Å². The summed E-state index contributed by atoms with van der Waals surface area (Å²) >= 11 is 0. The number of ether oxygens (including phenoxy) is 1. The second-order valence-corrected chi connectivity index (χ2v) is 4.37. The Morgan fingerprint density at radius 2 is 1.70 bits per heavy atom. The van der Waals surface area contributed by atoms with E-state index in [2.05, 4.69) is 13.8 Å². The lowest BCUT2D eigenvalue weighted by Gasteiger charge is -2.36. The van der Waals surface area contributed by atoms with Crippen molar-refractivity contribution in [2.24, 2.45) is 5.41 Å². The van der Waals surface area contributed by atoms with Gasteiger partial charge in [0.05, 0.1) is 12.2 Å². The van der Waals surface area contributed by atoms with Gasteiger partial charge < -0.3 is 4.74 Å². The Balaban J connectivity index is 2.15. The fourth-order valence-corrected chi connectivity index (χ4v) is 2.17. The summed E-state index contributed by atoms with van der Waals surface area (Å²) in [4.78, 5) is 0. The average Bonchev–Trinajstić information content (AvgIpc) is 2.59. The maximum atomic E-state index is 5.55. The van der Waals surface area contributed by atoms with Crippen LogP contribution >= 0.6 is 0 Å². The Kier molecular flexibility index (Phi) is 1.17. The number of rotatable bonds is 0. The highest BCUT2D eigenvalue weighted by molar-refractivity contribution is 5.05. The van der Waals surface area contributed by atoms with Crippen molar-refractivity contribution in [1.29, 1.82) is 0 Å². The third-order valence-electron chi connectivity index (χ3n) is 3.36. The summed E-state index contributed by atoms with van der Waals surface area (Å²) in [7, 11) is 0. The van der Waals surface area contributed by atoms with Crippen molar-refractivity contribution < 1.29 is 4.74 Å². The minimum atomic E-state index is 0.325. The predicted molar refractivity (Wildman–Crippen MR) is 40.9 cm³/mol. The van der Waals surface area contributed by atoms with Crippen molar-refractivity contribution in [3.05, 3.63) is 0 Å². The highest BCUT2D eigenvalue weighted by Gasteiger charge is 2.56. The second kappa shape index (κ2) is 1.76. The van der Waals surface area contributed by atoms with Crippen LogP contribution in [-0.4, -0.2) is 12.2 Å².